The molecule has 5 rings (SSSR count). The largest absolute Gasteiger partial charge is 0.462 e. The summed E-state index contributed by atoms with van der Waals surface area (Å²) in [6, 6.07) is 0. The zero-order valence-corrected chi connectivity index (χ0v) is 27.8. The molecule has 5 aliphatic rings. The van der Waals surface area contributed by atoms with Crippen LogP contribution in [0.3, 0.4) is 0 Å². The van der Waals surface area contributed by atoms with E-state index in [0.717, 1.165) is 17.6 Å². The summed E-state index contributed by atoms with van der Waals surface area (Å²) >= 11 is 0. The summed E-state index contributed by atoms with van der Waals surface area (Å²) in [6.45, 7) is 16.7. The fourth-order valence-electron chi connectivity index (χ4n) is 7.93. The highest BCUT2D eigenvalue weighted by atomic mass is 16.7. The molecule has 0 saturated carbocycles. The van der Waals surface area contributed by atoms with Gasteiger partial charge in [0.05, 0.1) is 31.3 Å². The van der Waals surface area contributed by atoms with Gasteiger partial charge in [-0.3, -0.25) is 9.59 Å². The van der Waals surface area contributed by atoms with E-state index in [9.17, 15) is 14.7 Å². The van der Waals surface area contributed by atoms with Crippen molar-refractivity contribution in [1.82, 2.24) is 0 Å². The lowest BCUT2D eigenvalue weighted by Crippen LogP contribution is -2.58. The van der Waals surface area contributed by atoms with Crippen LogP contribution in [0.15, 0.2) is 58.7 Å². The Morgan fingerprint density at radius 3 is 2.57 bits per heavy atom. The maximum atomic E-state index is 14.1. The zero-order chi connectivity index (χ0) is 32.0. The highest BCUT2D eigenvalue weighted by Crippen LogP contribution is 2.49. The van der Waals surface area contributed by atoms with Gasteiger partial charge in [0.2, 0.25) is 0 Å². The van der Waals surface area contributed by atoms with Gasteiger partial charge in [0.25, 0.3) is 0 Å². The van der Waals surface area contributed by atoms with Crippen LogP contribution in [0.25, 0.3) is 0 Å². The lowest BCUT2D eigenvalue weighted by molar-refractivity contribution is -0.319. The van der Waals surface area contributed by atoms with Crippen molar-refractivity contribution in [2.75, 3.05) is 6.61 Å². The number of ether oxygens (including phenoxy) is 4. The predicted octanol–water partition coefficient (Wildman–Crippen LogP) is 6.57. The quantitative estimate of drug-likeness (QED) is 0.280. The average Bonchev–Trinajstić information content (AvgIpc) is 3.27. The molecule has 0 aromatic heterocycles. The van der Waals surface area contributed by atoms with E-state index < -0.39 is 41.6 Å². The summed E-state index contributed by atoms with van der Waals surface area (Å²) in [5.74, 6) is -2.24. The second-order valence-electron chi connectivity index (χ2n) is 14.6. The number of hydrogen-bond acceptors (Lipinski definition) is 7. The molecular weight excluding hydrogens is 556 g/mol. The minimum absolute atomic E-state index is 0.0466. The molecule has 0 radical (unpaired) electrons. The normalized spacial score (nSPS) is 45.1. The number of esters is 1. The first kappa shape index (κ1) is 33.1. The van der Waals surface area contributed by atoms with Gasteiger partial charge in [-0.2, -0.15) is 0 Å². The molecule has 0 unspecified atom stereocenters. The minimum atomic E-state index is -1.50. The van der Waals surface area contributed by atoms with Crippen molar-refractivity contribution in [3.05, 3.63) is 58.7 Å². The Kier molecular flexibility index (Phi) is 9.63. The van der Waals surface area contributed by atoms with E-state index in [4.69, 9.17) is 18.9 Å². The van der Waals surface area contributed by atoms with Crippen molar-refractivity contribution >= 4 is 11.8 Å². The summed E-state index contributed by atoms with van der Waals surface area (Å²) in [5.41, 5.74) is 2.43. The van der Waals surface area contributed by atoms with Crippen molar-refractivity contribution in [3.63, 3.8) is 0 Å². The first-order valence-corrected chi connectivity index (χ1v) is 16.5. The van der Waals surface area contributed by atoms with Crippen LogP contribution < -0.4 is 0 Å². The fourth-order valence-corrected chi connectivity index (χ4v) is 7.93. The minimum Gasteiger partial charge on any atom is -0.462 e. The lowest BCUT2D eigenvalue weighted by atomic mass is 9.68. The van der Waals surface area contributed by atoms with E-state index in [1.165, 1.54) is 5.57 Å². The predicted molar refractivity (Wildman–Crippen MR) is 169 cm³/mol. The second-order valence-corrected chi connectivity index (χ2v) is 14.6. The van der Waals surface area contributed by atoms with Gasteiger partial charge in [-0.15, -0.1) is 0 Å². The maximum Gasteiger partial charge on any atom is 0.316 e. The van der Waals surface area contributed by atoms with Crippen molar-refractivity contribution < 1.29 is 33.6 Å². The third kappa shape index (κ3) is 6.48. The van der Waals surface area contributed by atoms with Gasteiger partial charge in [-0.05, 0) is 56.6 Å². The third-order valence-corrected chi connectivity index (χ3v) is 10.3. The summed E-state index contributed by atoms with van der Waals surface area (Å²) in [4.78, 5) is 27.6. The molecular formula is C37H52O7. The first-order chi connectivity index (χ1) is 20.7. The molecule has 7 nitrogen and oxygen atoms in total. The molecule has 0 aromatic rings. The number of aliphatic hydroxyl groups is 1. The van der Waals surface area contributed by atoms with E-state index in [1.54, 1.807) is 0 Å². The molecule has 3 fully saturated rings. The lowest BCUT2D eigenvalue weighted by Gasteiger charge is -2.49. The summed E-state index contributed by atoms with van der Waals surface area (Å²) in [5, 5.41) is 12.3. The van der Waals surface area contributed by atoms with E-state index in [2.05, 4.69) is 45.9 Å². The number of allylic oxidation sites excluding steroid dienone is 5. The Morgan fingerprint density at radius 2 is 1.84 bits per heavy atom. The van der Waals surface area contributed by atoms with Gasteiger partial charge in [0, 0.05) is 24.7 Å². The molecule has 1 spiro atoms. The van der Waals surface area contributed by atoms with Crippen molar-refractivity contribution in [2.24, 2.45) is 29.6 Å². The molecule has 1 N–H and O–H groups in total. The van der Waals surface area contributed by atoms with Crippen molar-refractivity contribution in [1.29, 1.82) is 0 Å². The molecule has 4 aliphatic heterocycles. The van der Waals surface area contributed by atoms with Crippen LogP contribution in [0, 0.1) is 29.6 Å². The van der Waals surface area contributed by atoms with Crippen LogP contribution in [0.5, 0.6) is 0 Å². The Bertz CT molecular complexity index is 1290. The van der Waals surface area contributed by atoms with Gasteiger partial charge < -0.3 is 24.1 Å². The van der Waals surface area contributed by atoms with Crippen molar-refractivity contribution in [3.8, 4) is 0 Å². The molecule has 1 aliphatic carbocycles. The molecule has 4 heterocycles. The first-order valence-electron chi connectivity index (χ1n) is 16.5. The molecule has 0 aromatic carbocycles. The number of carbonyl (C=O) groups is 2. The fraction of sp³-hybridized carbons (Fsp3) is 0.676. The zero-order valence-electron chi connectivity index (χ0n) is 27.8. The summed E-state index contributed by atoms with van der Waals surface area (Å²) in [6.07, 6.45) is 12.8. The highest BCUT2D eigenvalue weighted by molar-refractivity contribution is 5.83. The number of carbonyl (C=O) groups excluding carboxylic acids is 2. The second kappa shape index (κ2) is 12.8. The van der Waals surface area contributed by atoms with Crippen LogP contribution >= 0.6 is 0 Å². The molecule has 0 amide bonds. The number of Topliss-reactive ketones (excluding diaryl/α,β-unsaturated/α-hetero) is 1. The Balaban J connectivity index is 1.53. The molecule has 10 atom stereocenters. The molecule has 2 bridgehead atoms. The SMILES string of the molecule is CC1=C[C@H]2C(=O)O[C@H]3C[C@@H](C/C=C(\C)C[C@@H](C)/C=C/C=C4\CO[C@H]([C@@H]1C)[C@@]42O)O[C@]1(CC(=O)[C@H](C)[C@@H](/C(C)=C/C(C)C)O1)C3. The van der Waals surface area contributed by atoms with Crippen LogP contribution in [-0.2, 0) is 28.5 Å². The monoisotopic (exact) mass is 608 g/mol. The van der Waals surface area contributed by atoms with E-state index in [-0.39, 0.29) is 49.1 Å². The topological polar surface area (TPSA) is 91.3 Å². The van der Waals surface area contributed by atoms with E-state index in [1.807, 2.05) is 45.9 Å². The van der Waals surface area contributed by atoms with Gasteiger partial charge in [-0.25, -0.2) is 0 Å². The van der Waals surface area contributed by atoms with Gasteiger partial charge >= 0.3 is 5.97 Å². The Morgan fingerprint density at radius 1 is 1.09 bits per heavy atom. The summed E-state index contributed by atoms with van der Waals surface area (Å²) in [7, 11) is 0. The van der Waals surface area contributed by atoms with Crippen LogP contribution in [0.4, 0.5) is 0 Å². The maximum absolute atomic E-state index is 14.1. The van der Waals surface area contributed by atoms with E-state index in [0.29, 0.717) is 24.3 Å². The van der Waals surface area contributed by atoms with Crippen LogP contribution in [0.2, 0.25) is 0 Å². The number of rotatable bonds is 2. The molecule has 3 saturated heterocycles. The van der Waals surface area contributed by atoms with E-state index >= 15 is 0 Å². The Labute approximate surface area is 263 Å². The molecule has 44 heavy (non-hydrogen) atoms. The summed E-state index contributed by atoms with van der Waals surface area (Å²) < 4.78 is 25.9. The van der Waals surface area contributed by atoms with Crippen LogP contribution in [0.1, 0.15) is 87.5 Å². The number of ketones is 1. The number of fused-ring (bicyclic) bond motifs is 2. The highest BCUT2D eigenvalue weighted by Gasteiger charge is 2.59. The van der Waals surface area contributed by atoms with Gasteiger partial charge in [0.1, 0.15) is 23.4 Å². The van der Waals surface area contributed by atoms with Gasteiger partial charge in [0.15, 0.2) is 5.79 Å². The average molecular weight is 609 g/mol. The van der Waals surface area contributed by atoms with Crippen LogP contribution in [-0.4, -0.2) is 59.3 Å². The smallest absolute Gasteiger partial charge is 0.316 e. The molecule has 242 valence electrons. The van der Waals surface area contributed by atoms with Crippen molar-refractivity contribution in [2.45, 2.75) is 123 Å². The van der Waals surface area contributed by atoms with Gasteiger partial charge in [-0.1, -0.05) is 82.2 Å². The number of hydrogen-bond donors (Lipinski definition) is 1. The molecule has 7 heteroatoms. The Hall–Kier alpha value is -2.32. The standard InChI is InChI=1S/C37H52O7/c1-21(2)14-25(6)33-27(8)32(38)19-36(44-33)18-30-17-29(43-36)13-12-23(4)15-22(3)10-9-11-28-20-41-34-26(7)24(5)16-31(35(39)42-30)37(28,34)40/h9-12,14,16,21-22,26-27,29-31,33-34,40H,13,15,17-20H2,1-8H3/b10-9+,23-12+,25-14+,28-11+/t22-,26+,27-,29+,30-,31-,33+,34+,36+,37+/m0/s1. The third-order valence-electron chi connectivity index (χ3n) is 10.3.